The van der Waals surface area contributed by atoms with Crippen LogP contribution in [0.25, 0.3) is 0 Å². The zero-order valence-corrected chi connectivity index (χ0v) is 23.6. The van der Waals surface area contributed by atoms with Gasteiger partial charge in [0.05, 0.1) is 12.1 Å². The summed E-state index contributed by atoms with van der Waals surface area (Å²) in [5, 5.41) is 10.6. The SMILES string of the molecule is CCCC1CN(C(Cc2ccc(Cl)cc2)C(=O)NC)CCN1C(=O)C(N)Cc1ccc(F)cc1.O=C(O)C(F)(F)F. The molecule has 0 aliphatic carbocycles. The molecule has 1 saturated heterocycles. The zero-order chi connectivity index (χ0) is 30.7. The monoisotopic (exact) mass is 602 g/mol. The second-order valence-electron chi connectivity index (χ2n) is 9.67. The van der Waals surface area contributed by atoms with Crippen molar-refractivity contribution < 1.29 is 37.1 Å². The van der Waals surface area contributed by atoms with Crippen LogP contribution in [-0.2, 0) is 27.2 Å². The zero-order valence-electron chi connectivity index (χ0n) is 22.8. The Kier molecular flexibility index (Phi) is 13.0. The number of rotatable bonds is 9. The van der Waals surface area contributed by atoms with Gasteiger partial charge < -0.3 is 21.1 Å². The molecule has 3 unspecified atom stereocenters. The Hall–Kier alpha value is -3.22. The molecule has 8 nitrogen and oxygen atoms in total. The third-order valence-electron chi connectivity index (χ3n) is 6.68. The number of alkyl halides is 3. The van der Waals surface area contributed by atoms with Crippen LogP contribution in [0, 0.1) is 5.82 Å². The first-order valence-corrected chi connectivity index (χ1v) is 13.4. The van der Waals surface area contributed by atoms with Crippen LogP contribution in [0.3, 0.4) is 0 Å². The van der Waals surface area contributed by atoms with Crippen molar-refractivity contribution in [1.29, 1.82) is 0 Å². The topological polar surface area (TPSA) is 116 Å². The molecule has 0 bridgehead atoms. The molecule has 1 aliphatic rings. The first-order chi connectivity index (χ1) is 19.3. The van der Waals surface area contributed by atoms with Crippen molar-refractivity contribution >= 4 is 29.4 Å². The number of carbonyl (C=O) groups is 3. The molecule has 0 saturated carbocycles. The largest absolute Gasteiger partial charge is 0.490 e. The minimum atomic E-state index is -5.08. The number of amides is 2. The number of nitrogens with one attached hydrogen (secondary N) is 1. The van der Waals surface area contributed by atoms with Crippen LogP contribution in [0.1, 0.15) is 30.9 Å². The minimum Gasteiger partial charge on any atom is -0.475 e. The third kappa shape index (κ3) is 10.6. The Bertz CT molecular complexity index is 1150. The van der Waals surface area contributed by atoms with Gasteiger partial charge in [0.25, 0.3) is 0 Å². The van der Waals surface area contributed by atoms with Gasteiger partial charge in [0.1, 0.15) is 5.82 Å². The molecule has 2 aromatic carbocycles. The predicted octanol–water partition coefficient (Wildman–Crippen LogP) is 3.65. The summed E-state index contributed by atoms with van der Waals surface area (Å²) in [7, 11) is 1.65. The number of halogens is 5. The van der Waals surface area contributed by atoms with E-state index in [-0.39, 0.29) is 29.7 Å². The van der Waals surface area contributed by atoms with E-state index in [0.717, 1.165) is 24.0 Å². The van der Waals surface area contributed by atoms with Gasteiger partial charge in [-0.3, -0.25) is 14.5 Å². The van der Waals surface area contributed by atoms with E-state index >= 15 is 0 Å². The van der Waals surface area contributed by atoms with Gasteiger partial charge in [-0.2, -0.15) is 13.2 Å². The molecule has 0 radical (unpaired) electrons. The molecule has 1 fully saturated rings. The van der Waals surface area contributed by atoms with E-state index in [4.69, 9.17) is 27.2 Å². The number of piperazine rings is 1. The molecule has 1 aliphatic heterocycles. The highest BCUT2D eigenvalue weighted by molar-refractivity contribution is 6.30. The number of nitrogens with zero attached hydrogens (tertiary/aromatic N) is 2. The van der Waals surface area contributed by atoms with E-state index in [1.807, 2.05) is 29.2 Å². The Morgan fingerprint density at radius 2 is 1.59 bits per heavy atom. The van der Waals surface area contributed by atoms with E-state index in [1.165, 1.54) is 12.1 Å². The second-order valence-corrected chi connectivity index (χ2v) is 10.1. The quantitative estimate of drug-likeness (QED) is 0.378. The summed E-state index contributed by atoms with van der Waals surface area (Å²) in [6.45, 7) is 3.79. The Labute approximate surface area is 241 Å². The lowest BCUT2D eigenvalue weighted by molar-refractivity contribution is -0.192. The fourth-order valence-corrected chi connectivity index (χ4v) is 4.73. The van der Waals surface area contributed by atoms with Gasteiger partial charge in [0.15, 0.2) is 0 Å². The first kappa shape index (κ1) is 34.0. The van der Waals surface area contributed by atoms with E-state index in [9.17, 15) is 27.2 Å². The van der Waals surface area contributed by atoms with E-state index in [0.29, 0.717) is 37.5 Å². The summed E-state index contributed by atoms with van der Waals surface area (Å²) in [5.41, 5.74) is 8.14. The number of carboxylic acids is 1. The number of carbonyl (C=O) groups excluding carboxylic acids is 2. The van der Waals surface area contributed by atoms with Crippen molar-refractivity contribution in [2.45, 2.75) is 56.9 Å². The van der Waals surface area contributed by atoms with E-state index in [1.54, 1.807) is 19.2 Å². The van der Waals surface area contributed by atoms with Crippen LogP contribution < -0.4 is 11.1 Å². The lowest BCUT2D eigenvalue weighted by Crippen LogP contribution is -2.62. The van der Waals surface area contributed by atoms with Crippen molar-refractivity contribution in [3.63, 3.8) is 0 Å². The van der Waals surface area contributed by atoms with Gasteiger partial charge in [0, 0.05) is 37.7 Å². The Balaban J connectivity index is 0.000000745. The Morgan fingerprint density at radius 1 is 1.05 bits per heavy atom. The molecule has 0 aromatic heterocycles. The molecule has 3 rings (SSSR count). The number of hydrogen-bond acceptors (Lipinski definition) is 5. The summed E-state index contributed by atoms with van der Waals surface area (Å²) in [4.78, 5) is 39.0. The van der Waals surface area contributed by atoms with Crippen LogP contribution in [-0.4, -0.2) is 83.7 Å². The normalized spacial score (nSPS) is 17.2. The van der Waals surface area contributed by atoms with Crippen LogP contribution >= 0.6 is 11.6 Å². The van der Waals surface area contributed by atoms with Crippen molar-refractivity contribution in [3.05, 3.63) is 70.5 Å². The number of aliphatic carboxylic acids is 1. The molecule has 13 heteroatoms. The van der Waals surface area contributed by atoms with Gasteiger partial charge in [-0.25, -0.2) is 9.18 Å². The molecule has 226 valence electrons. The fraction of sp³-hybridized carbons (Fsp3) is 0.464. The molecule has 0 spiro atoms. The van der Waals surface area contributed by atoms with Crippen molar-refractivity contribution in [3.8, 4) is 0 Å². The van der Waals surface area contributed by atoms with E-state index < -0.39 is 18.2 Å². The number of benzene rings is 2. The highest BCUT2D eigenvalue weighted by Crippen LogP contribution is 2.21. The van der Waals surface area contributed by atoms with Crippen LogP contribution in [0.2, 0.25) is 5.02 Å². The smallest absolute Gasteiger partial charge is 0.475 e. The minimum absolute atomic E-state index is 0.0251. The number of likely N-dealkylation sites (N-methyl/N-ethyl adjacent to an activating group) is 1. The summed E-state index contributed by atoms with van der Waals surface area (Å²) >= 11 is 6.02. The summed E-state index contributed by atoms with van der Waals surface area (Å²) in [6, 6.07) is 12.6. The molecule has 2 amide bonds. The summed E-state index contributed by atoms with van der Waals surface area (Å²) in [6.07, 6.45) is -2.42. The van der Waals surface area contributed by atoms with Crippen molar-refractivity contribution in [2.24, 2.45) is 5.73 Å². The standard InChI is InChI=1S/C26H34ClFN4O2.C2HF3O2/c1-3-4-22-17-31(24(25(33)30-2)16-19-5-9-20(27)10-6-19)13-14-32(22)26(34)23(29)15-18-7-11-21(28)12-8-18;3-2(4,5)1(6)7/h5-12,22-24H,3-4,13-17,29H2,1-2H3,(H,30,33);(H,6,7). The number of hydrogen-bond donors (Lipinski definition) is 3. The van der Waals surface area contributed by atoms with Crippen LogP contribution in [0.15, 0.2) is 48.5 Å². The highest BCUT2D eigenvalue weighted by atomic mass is 35.5. The summed E-state index contributed by atoms with van der Waals surface area (Å²) < 4.78 is 44.9. The molecule has 3 atom stereocenters. The molecule has 1 heterocycles. The number of carboxylic acid groups (broad SMARTS) is 1. The maximum atomic E-state index is 13.3. The van der Waals surface area contributed by atoms with Gasteiger partial charge in [-0.1, -0.05) is 49.2 Å². The van der Waals surface area contributed by atoms with Gasteiger partial charge in [-0.15, -0.1) is 0 Å². The maximum absolute atomic E-state index is 13.3. The third-order valence-corrected chi connectivity index (χ3v) is 6.93. The predicted molar refractivity (Wildman–Crippen MR) is 147 cm³/mol. The Morgan fingerprint density at radius 3 is 2.10 bits per heavy atom. The maximum Gasteiger partial charge on any atom is 0.490 e. The van der Waals surface area contributed by atoms with Crippen molar-refractivity contribution in [2.75, 3.05) is 26.7 Å². The average molecular weight is 603 g/mol. The molecular formula is C28H35ClF4N4O4. The molecular weight excluding hydrogens is 568 g/mol. The summed E-state index contributed by atoms with van der Waals surface area (Å²) in [5.74, 6) is -3.21. The van der Waals surface area contributed by atoms with Gasteiger partial charge in [0.2, 0.25) is 11.8 Å². The van der Waals surface area contributed by atoms with Crippen LogP contribution in [0.4, 0.5) is 17.6 Å². The lowest BCUT2D eigenvalue weighted by Gasteiger charge is -2.44. The molecule has 41 heavy (non-hydrogen) atoms. The fourth-order valence-electron chi connectivity index (χ4n) is 4.61. The average Bonchev–Trinajstić information content (AvgIpc) is 2.93. The molecule has 2 aromatic rings. The number of nitrogens with two attached hydrogens (primary N) is 1. The van der Waals surface area contributed by atoms with Crippen LogP contribution in [0.5, 0.6) is 0 Å². The molecule has 4 N–H and O–H groups in total. The highest BCUT2D eigenvalue weighted by Gasteiger charge is 2.38. The van der Waals surface area contributed by atoms with Crippen molar-refractivity contribution in [1.82, 2.24) is 15.1 Å². The van der Waals surface area contributed by atoms with Gasteiger partial charge in [-0.05, 0) is 54.7 Å². The van der Waals surface area contributed by atoms with Gasteiger partial charge >= 0.3 is 12.1 Å². The lowest BCUT2D eigenvalue weighted by atomic mass is 9.98. The van der Waals surface area contributed by atoms with E-state index in [2.05, 4.69) is 17.1 Å². The second kappa shape index (κ2) is 15.7. The first-order valence-electron chi connectivity index (χ1n) is 13.1.